The number of fused-ring (bicyclic) bond motifs is 4. The molecule has 0 aromatic rings. The van der Waals surface area contributed by atoms with Gasteiger partial charge in [-0.2, -0.15) is 0 Å². The number of hydrogen-bond donors (Lipinski definition) is 2. The summed E-state index contributed by atoms with van der Waals surface area (Å²) in [5.74, 6) is 0.158. The molecule has 1 saturated heterocycles. The van der Waals surface area contributed by atoms with E-state index in [-0.39, 0.29) is 35.2 Å². The van der Waals surface area contributed by atoms with Crippen LogP contribution in [-0.4, -0.2) is 46.7 Å². The molecule has 1 heterocycles. The third-order valence-corrected chi connectivity index (χ3v) is 8.91. The Bertz CT molecular complexity index is 620. The van der Waals surface area contributed by atoms with Crippen LogP contribution in [0.15, 0.2) is 0 Å². The smallest absolute Gasteiger partial charge is 0.311 e. The van der Waals surface area contributed by atoms with Crippen molar-refractivity contribution in [1.82, 2.24) is 0 Å². The second-order valence-electron chi connectivity index (χ2n) is 10.2. The third-order valence-electron chi connectivity index (χ3n) is 8.91. The SMILES string of the molecule is COC(=O)[C@]1(C)CCC[C@@]2(C)[C@H]3C[C@H]4O[C@@]4(C(C)C)[C@@H](O)[C@@]3(O)CC[C@H]21. The molecule has 5 nitrogen and oxygen atoms in total. The van der Waals surface area contributed by atoms with Gasteiger partial charge in [0.05, 0.1) is 24.2 Å². The average molecular weight is 366 g/mol. The summed E-state index contributed by atoms with van der Waals surface area (Å²) in [5, 5.41) is 22.9. The molecule has 2 N–H and O–H groups in total. The molecule has 0 unspecified atom stereocenters. The Kier molecular flexibility index (Phi) is 3.92. The van der Waals surface area contributed by atoms with Gasteiger partial charge in [-0.05, 0) is 62.2 Å². The minimum atomic E-state index is -1.13. The molecule has 0 aromatic heterocycles. The third kappa shape index (κ3) is 2.00. The van der Waals surface area contributed by atoms with E-state index in [2.05, 4.69) is 20.8 Å². The second kappa shape index (κ2) is 5.45. The van der Waals surface area contributed by atoms with E-state index in [1.165, 1.54) is 7.11 Å². The van der Waals surface area contributed by atoms with Crippen LogP contribution in [0.4, 0.5) is 0 Å². The molecule has 0 bridgehead atoms. The maximum Gasteiger partial charge on any atom is 0.311 e. The number of methoxy groups -OCH3 is 1. The Hall–Kier alpha value is -0.650. The van der Waals surface area contributed by atoms with Crippen LogP contribution in [0.5, 0.6) is 0 Å². The molecule has 5 heteroatoms. The Morgan fingerprint density at radius 2 is 1.88 bits per heavy atom. The first-order chi connectivity index (χ1) is 12.1. The summed E-state index contributed by atoms with van der Waals surface area (Å²) in [5.41, 5.74) is -2.42. The first-order valence-electron chi connectivity index (χ1n) is 10.2. The van der Waals surface area contributed by atoms with Gasteiger partial charge < -0.3 is 19.7 Å². The van der Waals surface area contributed by atoms with Gasteiger partial charge in [-0.25, -0.2) is 0 Å². The zero-order chi connectivity index (χ0) is 19.1. The van der Waals surface area contributed by atoms with Gasteiger partial charge in [0.2, 0.25) is 0 Å². The van der Waals surface area contributed by atoms with Crippen molar-refractivity contribution in [3.63, 3.8) is 0 Å². The van der Waals surface area contributed by atoms with Gasteiger partial charge in [0.25, 0.3) is 0 Å². The van der Waals surface area contributed by atoms with E-state index in [1.807, 2.05) is 6.92 Å². The van der Waals surface area contributed by atoms with E-state index in [0.717, 1.165) is 32.1 Å². The number of carbonyl (C=O) groups is 1. The Balaban J connectivity index is 1.73. The molecule has 3 aliphatic carbocycles. The first-order valence-corrected chi connectivity index (χ1v) is 10.2. The van der Waals surface area contributed by atoms with Crippen molar-refractivity contribution in [2.45, 2.75) is 89.6 Å². The Labute approximate surface area is 156 Å². The van der Waals surface area contributed by atoms with Crippen molar-refractivity contribution >= 4 is 5.97 Å². The molecule has 1 aliphatic heterocycles. The number of hydrogen-bond acceptors (Lipinski definition) is 5. The maximum absolute atomic E-state index is 12.6. The van der Waals surface area contributed by atoms with Gasteiger partial charge >= 0.3 is 5.97 Å². The first kappa shape index (κ1) is 18.7. The number of epoxide rings is 1. The van der Waals surface area contributed by atoms with Crippen LogP contribution < -0.4 is 0 Å². The number of esters is 1. The predicted octanol–water partition coefficient (Wildman–Crippen LogP) is 2.67. The van der Waals surface area contributed by atoms with Gasteiger partial charge in [0, 0.05) is 0 Å². The standard InChI is InChI=1S/C21H34O5/c1-12(2)21-15(26-21)11-14-18(3)8-6-9-19(4,17(23)25-5)13(18)7-10-20(14,24)16(21)22/h12-16,22,24H,6-11H2,1-5H3/t13-,14-,15-,16+,18-,19-,20-,21-/m1/s1. The van der Waals surface area contributed by atoms with Gasteiger partial charge in [0.15, 0.2) is 0 Å². The Morgan fingerprint density at radius 3 is 2.50 bits per heavy atom. The summed E-state index contributed by atoms with van der Waals surface area (Å²) >= 11 is 0. The molecule has 3 saturated carbocycles. The van der Waals surface area contributed by atoms with E-state index in [9.17, 15) is 15.0 Å². The molecule has 4 rings (SSSR count). The van der Waals surface area contributed by atoms with Crippen LogP contribution in [0.25, 0.3) is 0 Å². The minimum absolute atomic E-state index is 0.0182. The predicted molar refractivity (Wildman–Crippen MR) is 96.3 cm³/mol. The highest BCUT2D eigenvalue weighted by molar-refractivity contribution is 5.77. The monoisotopic (exact) mass is 366 g/mol. The highest BCUT2D eigenvalue weighted by Crippen LogP contribution is 2.69. The molecule has 4 aliphatic rings. The van der Waals surface area contributed by atoms with Gasteiger partial charge in [-0.15, -0.1) is 0 Å². The zero-order valence-electron chi connectivity index (χ0n) is 16.7. The highest BCUT2D eigenvalue weighted by Gasteiger charge is 2.77. The number of carbonyl (C=O) groups excluding carboxylic acids is 1. The lowest BCUT2D eigenvalue weighted by atomic mass is 9.42. The summed E-state index contributed by atoms with van der Waals surface area (Å²) in [6.07, 6.45) is 3.96. The van der Waals surface area contributed by atoms with Crippen LogP contribution in [0.3, 0.4) is 0 Å². The van der Waals surface area contributed by atoms with Crippen LogP contribution >= 0.6 is 0 Å². The molecule has 148 valence electrons. The lowest BCUT2D eigenvalue weighted by Gasteiger charge is -2.63. The van der Waals surface area contributed by atoms with Crippen molar-refractivity contribution < 1.29 is 24.5 Å². The molecular weight excluding hydrogens is 332 g/mol. The zero-order valence-corrected chi connectivity index (χ0v) is 16.7. The van der Waals surface area contributed by atoms with E-state index in [0.29, 0.717) is 6.42 Å². The molecule has 8 atom stereocenters. The summed E-state index contributed by atoms with van der Waals surface area (Å²) < 4.78 is 11.2. The van der Waals surface area contributed by atoms with Crippen molar-refractivity contribution in [2.75, 3.05) is 7.11 Å². The lowest BCUT2D eigenvalue weighted by Crippen LogP contribution is -2.69. The van der Waals surface area contributed by atoms with Crippen molar-refractivity contribution in [3.8, 4) is 0 Å². The quantitative estimate of drug-likeness (QED) is 0.580. The van der Waals surface area contributed by atoms with Gasteiger partial charge in [0.1, 0.15) is 11.7 Å². The summed E-state index contributed by atoms with van der Waals surface area (Å²) in [4.78, 5) is 12.6. The normalized spacial score (nSPS) is 55.5. The molecule has 4 fully saturated rings. The van der Waals surface area contributed by atoms with E-state index >= 15 is 0 Å². The van der Waals surface area contributed by atoms with E-state index in [4.69, 9.17) is 9.47 Å². The summed E-state index contributed by atoms with van der Waals surface area (Å²) in [7, 11) is 1.47. The largest absolute Gasteiger partial charge is 0.469 e. The molecule has 0 radical (unpaired) electrons. The number of ether oxygens (including phenoxy) is 2. The van der Waals surface area contributed by atoms with Crippen LogP contribution in [0.1, 0.15) is 66.2 Å². The van der Waals surface area contributed by atoms with Gasteiger partial charge in [-0.3, -0.25) is 4.79 Å². The van der Waals surface area contributed by atoms with E-state index < -0.39 is 22.7 Å². The van der Waals surface area contributed by atoms with Gasteiger partial charge in [-0.1, -0.05) is 27.2 Å². The van der Waals surface area contributed by atoms with Crippen molar-refractivity contribution in [2.24, 2.45) is 28.6 Å². The number of aliphatic hydroxyl groups is 2. The number of aliphatic hydroxyl groups excluding tert-OH is 1. The molecule has 0 amide bonds. The fraction of sp³-hybridized carbons (Fsp3) is 0.952. The minimum Gasteiger partial charge on any atom is -0.469 e. The maximum atomic E-state index is 12.6. The van der Waals surface area contributed by atoms with Crippen LogP contribution in [-0.2, 0) is 14.3 Å². The lowest BCUT2D eigenvalue weighted by molar-refractivity contribution is -0.240. The fourth-order valence-electron chi connectivity index (χ4n) is 7.49. The second-order valence-corrected chi connectivity index (χ2v) is 10.2. The van der Waals surface area contributed by atoms with E-state index in [1.54, 1.807) is 0 Å². The molecule has 26 heavy (non-hydrogen) atoms. The topological polar surface area (TPSA) is 79.3 Å². The summed E-state index contributed by atoms with van der Waals surface area (Å²) in [6.45, 7) is 8.39. The van der Waals surface area contributed by atoms with Crippen molar-refractivity contribution in [3.05, 3.63) is 0 Å². The van der Waals surface area contributed by atoms with Crippen LogP contribution in [0.2, 0.25) is 0 Å². The fourth-order valence-corrected chi connectivity index (χ4v) is 7.49. The molecule has 0 aromatic carbocycles. The summed E-state index contributed by atoms with van der Waals surface area (Å²) in [6, 6.07) is 0. The Morgan fingerprint density at radius 1 is 1.19 bits per heavy atom. The molecule has 0 spiro atoms. The van der Waals surface area contributed by atoms with Crippen LogP contribution in [0, 0.1) is 28.6 Å². The average Bonchev–Trinajstić information content (AvgIpc) is 3.32. The number of rotatable bonds is 2. The van der Waals surface area contributed by atoms with Crippen molar-refractivity contribution in [1.29, 1.82) is 0 Å². The highest BCUT2D eigenvalue weighted by atomic mass is 16.6. The molecular formula is C21H34O5.